The summed E-state index contributed by atoms with van der Waals surface area (Å²) in [5.41, 5.74) is 1.82. The third-order valence-corrected chi connectivity index (χ3v) is 6.68. The zero-order valence-electron chi connectivity index (χ0n) is 18.1. The Morgan fingerprint density at radius 3 is 2.59 bits per heavy atom. The number of hydrogen-bond donors (Lipinski definition) is 2. The van der Waals surface area contributed by atoms with Crippen LogP contribution in [0.1, 0.15) is 29.5 Å². The Bertz CT molecular complexity index is 1370. The fourth-order valence-electron chi connectivity index (χ4n) is 3.76. The number of esters is 1. The molecule has 0 amide bonds. The Labute approximate surface area is 203 Å². The second kappa shape index (κ2) is 9.70. The van der Waals surface area contributed by atoms with Gasteiger partial charge in [0.25, 0.3) is 11.2 Å². The number of rotatable bonds is 6. The standard InChI is InChI=1S/C23H19ClN4O5S/c1-12-17(22(30)33-2)18(13-7-9-15(10-8-13)28(31)32)19-20(25-12)26-23(27-21(19)29)34-11-14-5-3-4-6-16(14)24/h3-10,18H,11H2,1-2H3,(H2,25,26,27,29). The zero-order valence-corrected chi connectivity index (χ0v) is 19.7. The van der Waals surface area contributed by atoms with E-state index in [0.29, 0.717) is 33.0 Å². The summed E-state index contributed by atoms with van der Waals surface area (Å²) in [4.78, 5) is 43.8. The fourth-order valence-corrected chi connectivity index (χ4v) is 4.91. The molecule has 1 unspecified atom stereocenters. The molecule has 0 radical (unpaired) electrons. The van der Waals surface area contributed by atoms with Crippen LogP contribution in [0.25, 0.3) is 0 Å². The molecule has 4 rings (SSSR count). The molecule has 0 bridgehead atoms. The second-order valence-electron chi connectivity index (χ2n) is 7.45. The highest BCUT2D eigenvalue weighted by Crippen LogP contribution is 2.40. The van der Waals surface area contributed by atoms with Crippen molar-refractivity contribution >= 4 is 40.8 Å². The summed E-state index contributed by atoms with van der Waals surface area (Å²) >= 11 is 7.54. The van der Waals surface area contributed by atoms with Crippen molar-refractivity contribution in [2.24, 2.45) is 0 Å². The van der Waals surface area contributed by atoms with Crippen molar-refractivity contribution in [3.05, 3.63) is 102 Å². The summed E-state index contributed by atoms with van der Waals surface area (Å²) in [6, 6.07) is 13.1. The highest BCUT2D eigenvalue weighted by Gasteiger charge is 2.36. The van der Waals surface area contributed by atoms with Crippen LogP contribution in [0.15, 0.2) is 69.8 Å². The van der Waals surface area contributed by atoms with Crippen molar-refractivity contribution in [2.75, 3.05) is 12.4 Å². The van der Waals surface area contributed by atoms with Crippen LogP contribution in [0.2, 0.25) is 5.02 Å². The van der Waals surface area contributed by atoms with Crippen LogP contribution < -0.4 is 10.9 Å². The van der Waals surface area contributed by atoms with Gasteiger partial charge >= 0.3 is 5.97 Å². The van der Waals surface area contributed by atoms with E-state index in [4.69, 9.17) is 16.3 Å². The molecule has 2 aromatic carbocycles. The van der Waals surface area contributed by atoms with Gasteiger partial charge in [-0.05, 0) is 24.1 Å². The number of thioether (sulfide) groups is 1. The van der Waals surface area contributed by atoms with Gasteiger partial charge in [-0.25, -0.2) is 9.78 Å². The summed E-state index contributed by atoms with van der Waals surface area (Å²) in [7, 11) is 1.25. The van der Waals surface area contributed by atoms with Crippen LogP contribution in [-0.4, -0.2) is 28.0 Å². The number of methoxy groups -OCH3 is 1. The molecule has 0 saturated carbocycles. The van der Waals surface area contributed by atoms with E-state index in [0.717, 1.165) is 5.56 Å². The Kier molecular flexibility index (Phi) is 6.71. The minimum atomic E-state index is -0.816. The molecule has 0 spiro atoms. The van der Waals surface area contributed by atoms with Crippen LogP contribution in [-0.2, 0) is 15.3 Å². The van der Waals surface area contributed by atoms with Crippen LogP contribution in [0, 0.1) is 10.1 Å². The maximum atomic E-state index is 13.2. The highest BCUT2D eigenvalue weighted by molar-refractivity contribution is 7.98. The van der Waals surface area contributed by atoms with Gasteiger partial charge in [0.05, 0.1) is 29.1 Å². The number of allylic oxidation sites excluding steroid dienone is 1. The number of hydrogen-bond acceptors (Lipinski definition) is 8. The molecule has 11 heteroatoms. The molecule has 2 N–H and O–H groups in total. The molecule has 0 saturated heterocycles. The number of anilines is 1. The van der Waals surface area contributed by atoms with Crippen molar-refractivity contribution in [1.29, 1.82) is 0 Å². The van der Waals surface area contributed by atoms with Crippen LogP contribution in [0.3, 0.4) is 0 Å². The van der Waals surface area contributed by atoms with Crippen LogP contribution >= 0.6 is 23.4 Å². The fraction of sp³-hybridized carbons (Fsp3) is 0.174. The highest BCUT2D eigenvalue weighted by atomic mass is 35.5. The van der Waals surface area contributed by atoms with E-state index in [9.17, 15) is 19.7 Å². The maximum Gasteiger partial charge on any atom is 0.336 e. The van der Waals surface area contributed by atoms with E-state index >= 15 is 0 Å². The van der Waals surface area contributed by atoms with E-state index in [-0.39, 0.29) is 16.8 Å². The van der Waals surface area contributed by atoms with Gasteiger partial charge in [0, 0.05) is 28.6 Å². The van der Waals surface area contributed by atoms with E-state index in [2.05, 4.69) is 15.3 Å². The monoisotopic (exact) mass is 498 g/mol. The van der Waals surface area contributed by atoms with E-state index in [1.54, 1.807) is 13.0 Å². The summed E-state index contributed by atoms with van der Waals surface area (Å²) in [5.74, 6) is -0.632. The normalized spacial score (nSPS) is 14.9. The SMILES string of the molecule is COC(=O)C1=C(C)Nc2nc(SCc3ccccc3Cl)[nH]c(=O)c2C1c1ccc([N+](=O)[O-])cc1. The van der Waals surface area contributed by atoms with Crippen molar-refractivity contribution < 1.29 is 14.5 Å². The lowest BCUT2D eigenvalue weighted by Crippen LogP contribution is -2.31. The third kappa shape index (κ3) is 4.55. The zero-order chi connectivity index (χ0) is 24.4. The topological polar surface area (TPSA) is 127 Å². The average molecular weight is 499 g/mol. The van der Waals surface area contributed by atoms with Gasteiger partial charge in [0.2, 0.25) is 0 Å². The molecule has 1 aliphatic rings. The molecule has 174 valence electrons. The smallest absolute Gasteiger partial charge is 0.336 e. The Hall–Kier alpha value is -3.63. The van der Waals surface area contributed by atoms with Crippen LogP contribution in [0.4, 0.5) is 11.5 Å². The van der Waals surface area contributed by atoms with Crippen LogP contribution in [0.5, 0.6) is 0 Å². The number of aromatic nitrogens is 2. The largest absolute Gasteiger partial charge is 0.466 e. The number of H-pyrrole nitrogens is 1. The molecule has 34 heavy (non-hydrogen) atoms. The van der Waals surface area contributed by atoms with Gasteiger partial charge in [0.15, 0.2) is 5.16 Å². The molecule has 3 aromatic rings. The van der Waals surface area contributed by atoms with E-state index in [1.165, 1.54) is 43.1 Å². The van der Waals surface area contributed by atoms with Crippen molar-refractivity contribution in [1.82, 2.24) is 9.97 Å². The number of nitrogens with one attached hydrogen (secondary N) is 2. The van der Waals surface area contributed by atoms with Gasteiger partial charge in [-0.15, -0.1) is 0 Å². The van der Waals surface area contributed by atoms with E-state index < -0.39 is 22.4 Å². The first-order valence-electron chi connectivity index (χ1n) is 10.1. The molecule has 1 aliphatic heterocycles. The lowest BCUT2D eigenvalue weighted by Gasteiger charge is -2.28. The minimum Gasteiger partial charge on any atom is -0.466 e. The number of aromatic amines is 1. The van der Waals surface area contributed by atoms with Crippen molar-refractivity contribution in [3.8, 4) is 0 Å². The summed E-state index contributed by atoms with van der Waals surface area (Å²) in [5, 5.41) is 15.1. The Morgan fingerprint density at radius 1 is 1.24 bits per heavy atom. The number of non-ortho nitro benzene ring substituents is 1. The Morgan fingerprint density at radius 2 is 1.94 bits per heavy atom. The quantitative estimate of drug-likeness (QED) is 0.165. The van der Waals surface area contributed by atoms with Crippen molar-refractivity contribution in [2.45, 2.75) is 23.8 Å². The first-order valence-corrected chi connectivity index (χ1v) is 11.5. The number of halogens is 1. The molecule has 9 nitrogen and oxygen atoms in total. The number of benzene rings is 2. The summed E-state index contributed by atoms with van der Waals surface area (Å²) < 4.78 is 4.96. The number of nitrogens with zero attached hydrogens (tertiary/aromatic N) is 2. The summed E-state index contributed by atoms with van der Waals surface area (Å²) in [6.45, 7) is 1.69. The predicted octanol–water partition coefficient (Wildman–Crippen LogP) is 4.63. The van der Waals surface area contributed by atoms with E-state index in [1.807, 2.05) is 18.2 Å². The third-order valence-electron chi connectivity index (χ3n) is 5.39. The first-order chi connectivity index (χ1) is 16.3. The molecule has 2 heterocycles. The molecular formula is C23H19ClN4O5S. The lowest BCUT2D eigenvalue weighted by atomic mass is 9.82. The first kappa shape index (κ1) is 23.5. The number of nitro benzene ring substituents is 1. The molecule has 1 aromatic heterocycles. The second-order valence-corrected chi connectivity index (χ2v) is 8.82. The molecule has 0 fully saturated rings. The molecular weight excluding hydrogens is 480 g/mol. The predicted molar refractivity (Wildman–Crippen MR) is 129 cm³/mol. The minimum absolute atomic E-state index is 0.100. The lowest BCUT2D eigenvalue weighted by molar-refractivity contribution is -0.384. The van der Waals surface area contributed by atoms with Crippen molar-refractivity contribution in [3.63, 3.8) is 0 Å². The van der Waals surface area contributed by atoms with Gasteiger partial charge in [-0.3, -0.25) is 14.9 Å². The number of carbonyl (C=O) groups is 1. The number of nitro groups is 1. The number of carbonyl (C=O) groups excluding carboxylic acids is 1. The van der Waals surface area contributed by atoms with Gasteiger partial charge in [-0.1, -0.05) is 53.7 Å². The molecule has 1 atom stereocenters. The number of ether oxygens (including phenoxy) is 1. The van der Waals surface area contributed by atoms with Gasteiger partial charge in [0.1, 0.15) is 5.82 Å². The maximum absolute atomic E-state index is 13.2. The Balaban J connectivity index is 1.77. The molecule has 0 aliphatic carbocycles. The summed E-state index contributed by atoms with van der Waals surface area (Å²) in [6.07, 6.45) is 0. The van der Waals surface area contributed by atoms with Gasteiger partial charge in [-0.2, -0.15) is 0 Å². The average Bonchev–Trinajstić information content (AvgIpc) is 2.82. The van der Waals surface area contributed by atoms with Gasteiger partial charge < -0.3 is 15.0 Å². The number of fused-ring (bicyclic) bond motifs is 1.